The number of carbonyl (C=O) groups excluding carboxylic acids is 2. The first-order valence-electron chi connectivity index (χ1n) is 9.65. The van der Waals surface area contributed by atoms with E-state index < -0.39 is 0 Å². The molecule has 1 saturated heterocycles. The van der Waals surface area contributed by atoms with Crippen molar-refractivity contribution in [1.82, 2.24) is 14.9 Å². The fourth-order valence-electron chi connectivity index (χ4n) is 3.43. The van der Waals surface area contributed by atoms with E-state index in [2.05, 4.69) is 15.3 Å². The highest BCUT2D eigenvalue weighted by Crippen LogP contribution is 2.31. The lowest BCUT2D eigenvalue weighted by molar-refractivity contribution is -0.133. The number of benzene rings is 1. The van der Waals surface area contributed by atoms with E-state index in [1.54, 1.807) is 36.0 Å². The summed E-state index contributed by atoms with van der Waals surface area (Å²) in [5.41, 5.74) is 1.42. The summed E-state index contributed by atoms with van der Waals surface area (Å²) in [6.07, 6.45) is 0.317. The Morgan fingerprint density at radius 2 is 2.00 bits per heavy atom. The van der Waals surface area contributed by atoms with Gasteiger partial charge in [-0.05, 0) is 24.3 Å². The van der Waals surface area contributed by atoms with E-state index in [4.69, 9.17) is 0 Å². The number of nitrogens with one attached hydrogen (secondary N) is 1. The normalized spacial score (nSPS) is 16.4. The van der Waals surface area contributed by atoms with Crippen LogP contribution in [0.15, 0.2) is 30.3 Å². The van der Waals surface area contributed by atoms with Gasteiger partial charge in [0, 0.05) is 50.7 Å². The van der Waals surface area contributed by atoms with Crippen LogP contribution in [0, 0.1) is 11.7 Å². The number of hydrogen-bond acceptors (Lipinski definition) is 5. The molecule has 1 fully saturated rings. The summed E-state index contributed by atoms with van der Waals surface area (Å²) in [4.78, 5) is 37.1. The third kappa shape index (κ3) is 4.70. The lowest BCUT2D eigenvalue weighted by atomic mass is 10.0. The van der Waals surface area contributed by atoms with Gasteiger partial charge in [0.25, 0.3) is 0 Å². The molecule has 1 aliphatic heterocycles. The molecule has 154 valence electrons. The molecule has 1 aliphatic rings. The Balaban J connectivity index is 1.82. The number of carbonyl (C=O) groups is 2. The third-order valence-electron chi connectivity index (χ3n) is 4.98. The Bertz CT molecular complexity index is 900. The number of aromatic nitrogens is 2. The molecule has 2 heterocycles. The summed E-state index contributed by atoms with van der Waals surface area (Å²) in [5.74, 6) is 0.606. The van der Waals surface area contributed by atoms with Crippen LogP contribution in [-0.4, -0.2) is 47.3 Å². The van der Waals surface area contributed by atoms with Crippen molar-refractivity contribution in [2.75, 3.05) is 30.9 Å². The molecule has 7 nitrogen and oxygen atoms in total. The predicted molar refractivity (Wildman–Crippen MR) is 109 cm³/mol. The molecule has 0 spiro atoms. The second-order valence-electron chi connectivity index (χ2n) is 7.58. The van der Waals surface area contributed by atoms with E-state index in [9.17, 15) is 14.0 Å². The average molecular weight is 399 g/mol. The molecule has 1 aromatic heterocycles. The molecule has 0 bridgehead atoms. The zero-order valence-electron chi connectivity index (χ0n) is 17.1. The van der Waals surface area contributed by atoms with Gasteiger partial charge < -0.3 is 15.1 Å². The number of rotatable bonds is 6. The first-order chi connectivity index (χ1) is 13.8. The van der Waals surface area contributed by atoms with E-state index in [1.807, 2.05) is 19.9 Å². The molecule has 2 aromatic rings. The maximum absolute atomic E-state index is 13.2. The summed E-state index contributed by atoms with van der Waals surface area (Å²) < 4.78 is 13.2. The minimum Gasteiger partial charge on any atom is -0.373 e. The highest BCUT2D eigenvalue weighted by Gasteiger charge is 2.33. The molecule has 0 aliphatic carbocycles. The van der Waals surface area contributed by atoms with Gasteiger partial charge in [-0.25, -0.2) is 14.4 Å². The minimum absolute atomic E-state index is 0.0172. The summed E-state index contributed by atoms with van der Waals surface area (Å²) in [6.45, 7) is 4.46. The monoisotopic (exact) mass is 399 g/mol. The van der Waals surface area contributed by atoms with Crippen LogP contribution in [0.4, 0.5) is 15.9 Å². The van der Waals surface area contributed by atoms with Gasteiger partial charge in [-0.3, -0.25) is 9.59 Å². The molecule has 0 saturated carbocycles. The Morgan fingerprint density at radius 3 is 2.62 bits per heavy atom. The molecule has 1 N–H and O–H groups in total. The SMILES string of the molecule is CNc1cc([C@@H]2CC(=O)N(c3ccc(F)cc3)C2)nc(CN(C)C(=O)C(C)C)n1. The molecular weight excluding hydrogens is 373 g/mol. The summed E-state index contributed by atoms with van der Waals surface area (Å²) >= 11 is 0. The van der Waals surface area contributed by atoms with Crippen molar-refractivity contribution < 1.29 is 14.0 Å². The van der Waals surface area contributed by atoms with Crippen LogP contribution in [0.1, 0.15) is 37.7 Å². The van der Waals surface area contributed by atoms with E-state index >= 15 is 0 Å². The molecule has 29 heavy (non-hydrogen) atoms. The van der Waals surface area contributed by atoms with E-state index in [0.29, 0.717) is 36.8 Å². The largest absolute Gasteiger partial charge is 0.373 e. The van der Waals surface area contributed by atoms with Crippen molar-refractivity contribution in [1.29, 1.82) is 0 Å². The predicted octanol–water partition coefficient (Wildman–Crippen LogP) is 2.79. The lowest BCUT2D eigenvalue weighted by Gasteiger charge is -2.20. The second-order valence-corrected chi connectivity index (χ2v) is 7.58. The average Bonchev–Trinajstić information content (AvgIpc) is 3.09. The lowest BCUT2D eigenvalue weighted by Crippen LogP contribution is -2.31. The van der Waals surface area contributed by atoms with Crippen molar-refractivity contribution in [2.45, 2.75) is 32.7 Å². The molecular formula is C21H26FN5O2. The van der Waals surface area contributed by atoms with E-state index in [0.717, 1.165) is 5.69 Å². The van der Waals surface area contributed by atoms with Gasteiger partial charge >= 0.3 is 0 Å². The Labute approximate surface area is 169 Å². The Hall–Kier alpha value is -3.03. The van der Waals surface area contributed by atoms with Gasteiger partial charge in [0.1, 0.15) is 17.5 Å². The molecule has 0 radical (unpaired) electrons. The van der Waals surface area contributed by atoms with Gasteiger partial charge in [0.15, 0.2) is 0 Å². The van der Waals surface area contributed by atoms with E-state index in [-0.39, 0.29) is 29.5 Å². The Kier molecular flexibility index (Phi) is 6.10. The first kappa shape index (κ1) is 20.7. The maximum atomic E-state index is 13.2. The fourth-order valence-corrected chi connectivity index (χ4v) is 3.43. The van der Waals surface area contributed by atoms with Gasteiger partial charge in [-0.15, -0.1) is 0 Å². The quantitative estimate of drug-likeness (QED) is 0.808. The molecule has 8 heteroatoms. The van der Waals surface area contributed by atoms with E-state index in [1.165, 1.54) is 12.1 Å². The molecule has 0 unspecified atom stereocenters. The second kappa shape index (κ2) is 8.55. The zero-order chi connectivity index (χ0) is 21.1. The van der Waals surface area contributed by atoms with Crippen molar-refractivity contribution in [3.63, 3.8) is 0 Å². The third-order valence-corrected chi connectivity index (χ3v) is 4.98. The number of anilines is 2. The molecule has 1 atom stereocenters. The molecule has 1 aromatic carbocycles. The smallest absolute Gasteiger partial charge is 0.227 e. The first-order valence-corrected chi connectivity index (χ1v) is 9.65. The van der Waals surface area contributed by atoms with Crippen molar-refractivity contribution in [3.05, 3.63) is 47.7 Å². The number of halogens is 1. The van der Waals surface area contributed by atoms with Crippen LogP contribution in [0.5, 0.6) is 0 Å². The van der Waals surface area contributed by atoms with Crippen molar-refractivity contribution >= 4 is 23.3 Å². The topological polar surface area (TPSA) is 78.4 Å². The Morgan fingerprint density at radius 1 is 1.31 bits per heavy atom. The van der Waals surface area contributed by atoms with Crippen LogP contribution < -0.4 is 10.2 Å². The van der Waals surface area contributed by atoms with Crippen LogP contribution in [0.2, 0.25) is 0 Å². The van der Waals surface area contributed by atoms with Crippen molar-refractivity contribution in [2.24, 2.45) is 5.92 Å². The van der Waals surface area contributed by atoms with Gasteiger partial charge in [0.05, 0.1) is 12.2 Å². The minimum atomic E-state index is -0.337. The highest BCUT2D eigenvalue weighted by molar-refractivity contribution is 5.96. The van der Waals surface area contributed by atoms with Crippen LogP contribution in [0.3, 0.4) is 0 Å². The fraction of sp³-hybridized carbons (Fsp3) is 0.429. The van der Waals surface area contributed by atoms with Crippen LogP contribution in [-0.2, 0) is 16.1 Å². The van der Waals surface area contributed by atoms with Gasteiger partial charge in [-0.1, -0.05) is 13.8 Å². The molecule has 3 rings (SSSR count). The number of nitrogens with zero attached hydrogens (tertiary/aromatic N) is 4. The molecule has 2 amide bonds. The van der Waals surface area contributed by atoms with Crippen LogP contribution in [0.25, 0.3) is 0 Å². The van der Waals surface area contributed by atoms with Crippen LogP contribution >= 0.6 is 0 Å². The van der Waals surface area contributed by atoms with Gasteiger partial charge in [-0.2, -0.15) is 0 Å². The van der Waals surface area contributed by atoms with Crippen molar-refractivity contribution in [3.8, 4) is 0 Å². The highest BCUT2D eigenvalue weighted by atomic mass is 19.1. The van der Waals surface area contributed by atoms with Gasteiger partial charge in [0.2, 0.25) is 11.8 Å². The number of hydrogen-bond donors (Lipinski definition) is 1. The summed E-state index contributed by atoms with van der Waals surface area (Å²) in [7, 11) is 3.50. The zero-order valence-corrected chi connectivity index (χ0v) is 17.1. The summed E-state index contributed by atoms with van der Waals surface area (Å²) in [6, 6.07) is 7.73. The number of amides is 2. The summed E-state index contributed by atoms with van der Waals surface area (Å²) in [5, 5.41) is 3.02. The standard InChI is InChI=1S/C21H26FN5O2/c1-13(2)21(29)26(4)12-19-24-17(10-18(23-3)25-19)14-9-20(28)27(11-14)16-7-5-15(22)6-8-16/h5-8,10,13-14H,9,11-12H2,1-4H3,(H,23,24,25)/t14-/m1/s1. The maximum Gasteiger partial charge on any atom is 0.227 e.